The average molecular weight is 309 g/mol. The van der Waals surface area contributed by atoms with Gasteiger partial charge in [-0.1, -0.05) is 30.3 Å². The third-order valence-electron chi connectivity index (χ3n) is 3.75. The van der Waals surface area contributed by atoms with Crippen LogP contribution in [-0.4, -0.2) is 4.98 Å². The number of rotatable bonds is 1. The number of aromatic nitrogens is 1. The highest BCUT2D eigenvalue weighted by Gasteiger charge is 2.14. The van der Waals surface area contributed by atoms with E-state index in [1.807, 2.05) is 30.3 Å². The number of fused-ring (bicyclic) bond motifs is 3. The van der Waals surface area contributed by atoms with Crippen LogP contribution in [-0.2, 0) is 0 Å². The van der Waals surface area contributed by atoms with Gasteiger partial charge in [0.05, 0.1) is 22.8 Å². The van der Waals surface area contributed by atoms with Gasteiger partial charge in [-0.2, -0.15) is 0 Å². The molecule has 0 spiro atoms. The van der Waals surface area contributed by atoms with E-state index < -0.39 is 11.6 Å². The summed E-state index contributed by atoms with van der Waals surface area (Å²) in [7, 11) is 0. The zero-order valence-electron chi connectivity index (χ0n) is 11.7. The summed E-state index contributed by atoms with van der Waals surface area (Å²) in [5, 5.41) is 2.03. The molecule has 2 aromatic heterocycles. The number of nitrogens with zero attached hydrogens (tertiary/aromatic N) is 1. The Morgan fingerprint density at radius 2 is 1.83 bits per heavy atom. The molecular formula is C18H9F2NO2. The Hall–Kier alpha value is -3.08. The van der Waals surface area contributed by atoms with Crippen molar-refractivity contribution in [3.63, 3.8) is 0 Å². The second-order valence-corrected chi connectivity index (χ2v) is 5.12. The van der Waals surface area contributed by atoms with E-state index in [9.17, 15) is 13.6 Å². The van der Waals surface area contributed by atoms with Gasteiger partial charge in [0.25, 0.3) is 0 Å². The molecule has 23 heavy (non-hydrogen) atoms. The van der Waals surface area contributed by atoms with Crippen molar-refractivity contribution in [1.82, 2.24) is 4.98 Å². The fourth-order valence-corrected chi connectivity index (χ4v) is 2.63. The maximum atomic E-state index is 13.4. The lowest BCUT2D eigenvalue weighted by Crippen LogP contribution is -2.07. The van der Waals surface area contributed by atoms with Crippen LogP contribution in [0.2, 0.25) is 0 Å². The van der Waals surface area contributed by atoms with E-state index in [0.29, 0.717) is 11.0 Å². The predicted octanol–water partition coefficient (Wildman–Crippen LogP) is 4.29. The number of pyridine rings is 1. The fraction of sp³-hybridized carbons (Fsp3) is 0. The molecule has 0 unspecified atom stereocenters. The first-order valence-corrected chi connectivity index (χ1v) is 6.90. The van der Waals surface area contributed by atoms with Gasteiger partial charge in [-0.3, -0.25) is 9.78 Å². The average Bonchev–Trinajstić information content (AvgIpc) is 2.57. The lowest BCUT2D eigenvalue weighted by molar-refractivity contribution is 0.504. The predicted molar refractivity (Wildman–Crippen MR) is 83.1 cm³/mol. The van der Waals surface area contributed by atoms with Crippen molar-refractivity contribution < 1.29 is 13.2 Å². The molecule has 0 saturated carbocycles. The summed E-state index contributed by atoms with van der Waals surface area (Å²) in [5.41, 5.74) is 0.224. The third kappa shape index (κ3) is 2.09. The highest BCUT2D eigenvalue weighted by Crippen LogP contribution is 2.25. The van der Waals surface area contributed by atoms with E-state index in [2.05, 4.69) is 4.98 Å². The molecule has 0 atom stereocenters. The maximum Gasteiger partial charge on any atom is 0.202 e. The largest absolute Gasteiger partial charge is 0.463 e. The van der Waals surface area contributed by atoms with Crippen LogP contribution >= 0.6 is 0 Å². The minimum atomic E-state index is -1.07. The van der Waals surface area contributed by atoms with E-state index in [1.165, 1.54) is 6.26 Å². The van der Waals surface area contributed by atoms with Crippen molar-refractivity contribution in [1.29, 1.82) is 0 Å². The topological polar surface area (TPSA) is 43.1 Å². The summed E-state index contributed by atoms with van der Waals surface area (Å²) in [6.07, 6.45) is 1.97. The van der Waals surface area contributed by atoms with Gasteiger partial charge in [-0.15, -0.1) is 0 Å². The number of hydrogen-bond donors (Lipinski definition) is 0. The Labute approximate surface area is 128 Å². The van der Waals surface area contributed by atoms with Gasteiger partial charge >= 0.3 is 0 Å². The van der Waals surface area contributed by atoms with Crippen LogP contribution < -0.4 is 5.43 Å². The first-order chi connectivity index (χ1) is 11.1. The molecule has 0 saturated heterocycles. The van der Waals surface area contributed by atoms with E-state index >= 15 is 0 Å². The van der Waals surface area contributed by atoms with Crippen LogP contribution in [0.25, 0.3) is 33.0 Å². The molecule has 3 nitrogen and oxygen atoms in total. The zero-order valence-corrected chi connectivity index (χ0v) is 11.7. The molecule has 0 bridgehead atoms. The first kappa shape index (κ1) is 13.6. The van der Waals surface area contributed by atoms with Crippen LogP contribution in [0.15, 0.2) is 64.1 Å². The molecule has 0 N–H and O–H groups in total. The van der Waals surface area contributed by atoms with Crippen molar-refractivity contribution in [3.05, 3.63) is 76.8 Å². The highest BCUT2D eigenvalue weighted by molar-refractivity contribution is 6.06. The standard InChI is InChI=1S/C18H9F2NO2/c19-13-7-15(21-8-14(13)20)12-9-23-16-6-5-10-3-1-2-4-11(10)17(16)18(12)22/h1-9H. The molecule has 0 fully saturated rings. The molecule has 0 aliphatic carbocycles. The van der Waals surface area contributed by atoms with E-state index in [-0.39, 0.29) is 16.7 Å². The van der Waals surface area contributed by atoms with E-state index in [4.69, 9.17) is 4.42 Å². The Morgan fingerprint density at radius 1 is 1.00 bits per heavy atom. The minimum Gasteiger partial charge on any atom is -0.463 e. The van der Waals surface area contributed by atoms with Crippen LogP contribution in [0.3, 0.4) is 0 Å². The van der Waals surface area contributed by atoms with Crippen molar-refractivity contribution in [2.75, 3.05) is 0 Å². The van der Waals surface area contributed by atoms with Gasteiger partial charge in [0.1, 0.15) is 11.8 Å². The summed E-state index contributed by atoms with van der Waals surface area (Å²) in [6, 6.07) is 11.9. The smallest absolute Gasteiger partial charge is 0.202 e. The van der Waals surface area contributed by atoms with Gasteiger partial charge in [0.15, 0.2) is 11.6 Å². The van der Waals surface area contributed by atoms with Crippen LogP contribution in [0.1, 0.15) is 0 Å². The Balaban J connectivity index is 2.09. The molecule has 2 heterocycles. The zero-order chi connectivity index (χ0) is 16.0. The second kappa shape index (κ2) is 4.98. The lowest BCUT2D eigenvalue weighted by atomic mass is 10.0. The Kier molecular flexibility index (Phi) is 2.94. The summed E-state index contributed by atoms with van der Waals surface area (Å²) >= 11 is 0. The SMILES string of the molecule is O=c1c(-c2cc(F)c(F)cn2)coc2ccc3ccccc3c12. The first-order valence-electron chi connectivity index (χ1n) is 6.90. The molecule has 0 aliphatic rings. The van der Waals surface area contributed by atoms with E-state index in [1.54, 1.807) is 6.07 Å². The van der Waals surface area contributed by atoms with Gasteiger partial charge in [0, 0.05) is 6.07 Å². The van der Waals surface area contributed by atoms with Gasteiger partial charge < -0.3 is 4.42 Å². The number of hydrogen-bond acceptors (Lipinski definition) is 3. The monoisotopic (exact) mass is 309 g/mol. The molecule has 5 heteroatoms. The van der Waals surface area contributed by atoms with Crippen LogP contribution in [0.4, 0.5) is 8.78 Å². The fourth-order valence-electron chi connectivity index (χ4n) is 2.63. The van der Waals surface area contributed by atoms with Gasteiger partial charge in [-0.05, 0) is 16.8 Å². The molecule has 0 amide bonds. The Morgan fingerprint density at radius 3 is 2.65 bits per heavy atom. The molecular weight excluding hydrogens is 300 g/mol. The molecule has 4 aromatic rings. The van der Waals surface area contributed by atoms with Crippen molar-refractivity contribution >= 4 is 21.7 Å². The lowest BCUT2D eigenvalue weighted by Gasteiger charge is -2.05. The van der Waals surface area contributed by atoms with E-state index in [0.717, 1.165) is 23.0 Å². The summed E-state index contributed by atoms with van der Waals surface area (Å²) < 4.78 is 32.0. The number of benzene rings is 2. The maximum absolute atomic E-state index is 13.4. The van der Waals surface area contributed by atoms with Crippen molar-refractivity contribution in [2.45, 2.75) is 0 Å². The second-order valence-electron chi connectivity index (χ2n) is 5.12. The van der Waals surface area contributed by atoms with Crippen LogP contribution in [0.5, 0.6) is 0 Å². The molecule has 4 rings (SSSR count). The summed E-state index contributed by atoms with van der Waals surface area (Å²) in [4.78, 5) is 16.6. The normalized spacial score (nSPS) is 11.2. The molecule has 0 radical (unpaired) electrons. The van der Waals surface area contributed by atoms with Gasteiger partial charge in [-0.25, -0.2) is 8.78 Å². The molecule has 112 valence electrons. The highest BCUT2D eigenvalue weighted by atomic mass is 19.2. The van der Waals surface area contributed by atoms with Crippen molar-refractivity contribution in [3.8, 4) is 11.3 Å². The Bertz CT molecular complexity index is 1120. The molecule has 2 aromatic carbocycles. The van der Waals surface area contributed by atoms with Gasteiger partial charge in [0.2, 0.25) is 5.43 Å². The summed E-state index contributed by atoms with van der Waals surface area (Å²) in [6.45, 7) is 0. The summed E-state index contributed by atoms with van der Waals surface area (Å²) in [5.74, 6) is -2.13. The number of halogens is 2. The van der Waals surface area contributed by atoms with Crippen molar-refractivity contribution in [2.24, 2.45) is 0 Å². The minimum absolute atomic E-state index is 0.0347. The molecule has 0 aliphatic heterocycles. The third-order valence-corrected chi connectivity index (χ3v) is 3.75. The van der Waals surface area contributed by atoms with Crippen LogP contribution in [0, 0.1) is 11.6 Å². The quantitative estimate of drug-likeness (QED) is 0.493.